The molecular formula is C12H19N3O2. The van der Waals surface area contributed by atoms with Crippen molar-refractivity contribution in [2.24, 2.45) is 0 Å². The SMILES string of the molecule is CN(C)CCN(C)Cc1cc(C(=O)O)ccn1. The van der Waals surface area contributed by atoms with E-state index in [-0.39, 0.29) is 5.56 Å². The van der Waals surface area contributed by atoms with Crippen LogP contribution in [-0.4, -0.2) is 60.1 Å². The van der Waals surface area contributed by atoms with Gasteiger partial charge in [0.2, 0.25) is 0 Å². The van der Waals surface area contributed by atoms with Gasteiger partial charge in [0.25, 0.3) is 0 Å². The first-order chi connectivity index (χ1) is 7.99. The Kier molecular flexibility index (Phi) is 5.06. The fraction of sp³-hybridized carbons (Fsp3) is 0.500. The third-order valence-corrected chi connectivity index (χ3v) is 2.42. The minimum Gasteiger partial charge on any atom is -0.478 e. The molecule has 5 heteroatoms. The van der Waals surface area contributed by atoms with Gasteiger partial charge in [0.05, 0.1) is 11.3 Å². The molecule has 94 valence electrons. The minimum atomic E-state index is -0.912. The molecule has 1 N–H and O–H groups in total. The highest BCUT2D eigenvalue weighted by atomic mass is 16.4. The van der Waals surface area contributed by atoms with Crippen molar-refractivity contribution >= 4 is 5.97 Å². The molecule has 0 saturated heterocycles. The van der Waals surface area contributed by atoms with Gasteiger partial charge >= 0.3 is 5.97 Å². The normalized spacial score (nSPS) is 11.1. The van der Waals surface area contributed by atoms with Gasteiger partial charge in [-0.3, -0.25) is 9.88 Å². The zero-order valence-electron chi connectivity index (χ0n) is 10.6. The Hall–Kier alpha value is -1.46. The number of hydrogen-bond acceptors (Lipinski definition) is 4. The van der Waals surface area contributed by atoms with E-state index in [9.17, 15) is 4.79 Å². The Morgan fingerprint density at radius 3 is 2.65 bits per heavy atom. The number of aromatic nitrogens is 1. The average molecular weight is 237 g/mol. The Bertz CT molecular complexity index is 380. The molecule has 0 bridgehead atoms. The summed E-state index contributed by atoms with van der Waals surface area (Å²) in [6.07, 6.45) is 1.54. The van der Waals surface area contributed by atoms with Crippen LogP contribution in [0.15, 0.2) is 18.3 Å². The smallest absolute Gasteiger partial charge is 0.335 e. The van der Waals surface area contributed by atoms with E-state index in [2.05, 4.69) is 14.8 Å². The summed E-state index contributed by atoms with van der Waals surface area (Å²) in [5, 5.41) is 8.87. The van der Waals surface area contributed by atoms with Crippen molar-refractivity contribution < 1.29 is 9.90 Å². The summed E-state index contributed by atoms with van der Waals surface area (Å²) in [5.41, 5.74) is 1.07. The Labute approximate surface area is 102 Å². The monoisotopic (exact) mass is 237 g/mol. The van der Waals surface area contributed by atoms with Crippen LogP contribution < -0.4 is 0 Å². The summed E-state index contributed by atoms with van der Waals surface area (Å²) < 4.78 is 0. The van der Waals surface area contributed by atoms with E-state index in [0.717, 1.165) is 18.8 Å². The van der Waals surface area contributed by atoms with Gasteiger partial charge in [0.15, 0.2) is 0 Å². The molecule has 0 fully saturated rings. The van der Waals surface area contributed by atoms with E-state index in [4.69, 9.17) is 5.11 Å². The first kappa shape index (κ1) is 13.6. The molecule has 1 aromatic heterocycles. The summed E-state index contributed by atoms with van der Waals surface area (Å²) in [6.45, 7) is 2.55. The lowest BCUT2D eigenvalue weighted by molar-refractivity contribution is 0.0696. The molecule has 0 aromatic carbocycles. The van der Waals surface area contributed by atoms with E-state index in [0.29, 0.717) is 6.54 Å². The lowest BCUT2D eigenvalue weighted by Gasteiger charge is -2.18. The van der Waals surface area contributed by atoms with Gasteiger partial charge in [-0.1, -0.05) is 0 Å². The van der Waals surface area contributed by atoms with Gasteiger partial charge in [-0.2, -0.15) is 0 Å². The van der Waals surface area contributed by atoms with Crippen LogP contribution >= 0.6 is 0 Å². The number of likely N-dealkylation sites (N-methyl/N-ethyl adjacent to an activating group) is 2. The summed E-state index contributed by atoms with van der Waals surface area (Å²) in [4.78, 5) is 19.2. The van der Waals surface area contributed by atoms with Crippen molar-refractivity contribution in [3.8, 4) is 0 Å². The highest BCUT2D eigenvalue weighted by molar-refractivity contribution is 5.87. The molecular weight excluding hydrogens is 218 g/mol. The van der Waals surface area contributed by atoms with Crippen molar-refractivity contribution in [2.45, 2.75) is 6.54 Å². The highest BCUT2D eigenvalue weighted by Crippen LogP contribution is 2.04. The molecule has 0 amide bonds. The largest absolute Gasteiger partial charge is 0.478 e. The Morgan fingerprint density at radius 2 is 2.06 bits per heavy atom. The fourth-order valence-electron chi connectivity index (χ4n) is 1.42. The van der Waals surface area contributed by atoms with Gasteiger partial charge in [-0.15, -0.1) is 0 Å². The fourth-order valence-corrected chi connectivity index (χ4v) is 1.42. The second-order valence-electron chi connectivity index (χ2n) is 4.38. The number of nitrogens with zero attached hydrogens (tertiary/aromatic N) is 3. The molecule has 0 aliphatic rings. The average Bonchev–Trinajstić information content (AvgIpc) is 2.26. The molecule has 0 aliphatic carbocycles. The minimum absolute atomic E-state index is 0.288. The summed E-state index contributed by atoms with van der Waals surface area (Å²) in [7, 11) is 6.05. The number of carboxylic acid groups (broad SMARTS) is 1. The molecule has 0 unspecified atom stereocenters. The maximum Gasteiger partial charge on any atom is 0.335 e. The van der Waals surface area contributed by atoms with Crippen molar-refractivity contribution in [2.75, 3.05) is 34.2 Å². The number of aromatic carboxylic acids is 1. The molecule has 0 atom stereocenters. The summed E-state index contributed by atoms with van der Waals surface area (Å²) >= 11 is 0. The van der Waals surface area contributed by atoms with E-state index in [1.807, 2.05) is 21.1 Å². The predicted octanol–water partition coefficient (Wildman–Crippen LogP) is 0.773. The number of rotatable bonds is 6. The van der Waals surface area contributed by atoms with Crippen molar-refractivity contribution in [3.05, 3.63) is 29.6 Å². The van der Waals surface area contributed by atoms with Crippen LogP contribution in [0.5, 0.6) is 0 Å². The number of hydrogen-bond donors (Lipinski definition) is 1. The van der Waals surface area contributed by atoms with E-state index in [1.165, 1.54) is 6.07 Å². The van der Waals surface area contributed by atoms with Crippen molar-refractivity contribution in [1.82, 2.24) is 14.8 Å². The highest BCUT2D eigenvalue weighted by Gasteiger charge is 2.06. The first-order valence-electron chi connectivity index (χ1n) is 5.50. The molecule has 1 aromatic rings. The van der Waals surface area contributed by atoms with Crippen LogP contribution in [-0.2, 0) is 6.54 Å². The molecule has 0 radical (unpaired) electrons. The third-order valence-electron chi connectivity index (χ3n) is 2.42. The van der Waals surface area contributed by atoms with Crippen LogP contribution in [0.25, 0.3) is 0 Å². The van der Waals surface area contributed by atoms with Gasteiger partial charge in [-0.25, -0.2) is 4.79 Å². The quantitative estimate of drug-likeness (QED) is 0.792. The predicted molar refractivity (Wildman–Crippen MR) is 66.1 cm³/mol. The van der Waals surface area contributed by atoms with Gasteiger partial charge in [0.1, 0.15) is 0 Å². The van der Waals surface area contributed by atoms with E-state index in [1.54, 1.807) is 12.3 Å². The molecule has 0 spiro atoms. The van der Waals surface area contributed by atoms with E-state index < -0.39 is 5.97 Å². The molecule has 1 heterocycles. The lowest BCUT2D eigenvalue weighted by Crippen LogP contribution is -2.28. The van der Waals surface area contributed by atoms with Crippen molar-refractivity contribution in [3.63, 3.8) is 0 Å². The molecule has 0 aliphatic heterocycles. The lowest BCUT2D eigenvalue weighted by atomic mass is 10.2. The second-order valence-corrected chi connectivity index (χ2v) is 4.38. The zero-order chi connectivity index (χ0) is 12.8. The third kappa shape index (κ3) is 4.93. The standard InChI is InChI=1S/C12H19N3O2/c1-14(2)6-7-15(3)9-11-8-10(12(16)17)4-5-13-11/h4-5,8H,6-7,9H2,1-3H3,(H,16,17). The second kappa shape index (κ2) is 6.32. The topological polar surface area (TPSA) is 56.7 Å². The Balaban J connectivity index is 2.56. The molecule has 17 heavy (non-hydrogen) atoms. The van der Waals surface area contributed by atoms with Crippen LogP contribution in [0, 0.1) is 0 Å². The van der Waals surface area contributed by atoms with Gasteiger partial charge in [-0.05, 0) is 33.3 Å². The van der Waals surface area contributed by atoms with Crippen LogP contribution in [0.3, 0.4) is 0 Å². The Morgan fingerprint density at radius 1 is 1.35 bits per heavy atom. The first-order valence-corrected chi connectivity index (χ1v) is 5.50. The zero-order valence-corrected chi connectivity index (χ0v) is 10.6. The summed E-state index contributed by atoms with van der Waals surface area (Å²) in [5.74, 6) is -0.912. The summed E-state index contributed by atoms with van der Waals surface area (Å²) in [6, 6.07) is 3.13. The molecule has 1 rings (SSSR count). The maximum absolute atomic E-state index is 10.8. The van der Waals surface area contributed by atoms with Crippen molar-refractivity contribution in [1.29, 1.82) is 0 Å². The number of carbonyl (C=O) groups is 1. The van der Waals surface area contributed by atoms with Crippen LogP contribution in [0.1, 0.15) is 16.1 Å². The van der Waals surface area contributed by atoms with Crippen LogP contribution in [0.2, 0.25) is 0 Å². The molecule has 0 saturated carbocycles. The van der Waals surface area contributed by atoms with Crippen LogP contribution in [0.4, 0.5) is 0 Å². The van der Waals surface area contributed by atoms with Gasteiger partial charge in [0, 0.05) is 25.8 Å². The number of pyridine rings is 1. The number of carboxylic acids is 1. The maximum atomic E-state index is 10.8. The molecule has 5 nitrogen and oxygen atoms in total. The van der Waals surface area contributed by atoms with Gasteiger partial charge < -0.3 is 10.0 Å². The van der Waals surface area contributed by atoms with E-state index >= 15 is 0 Å².